The van der Waals surface area contributed by atoms with Gasteiger partial charge in [-0.25, -0.2) is 0 Å². The number of hydrogen-bond donors (Lipinski definition) is 1. The van der Waals surface area contributed by atoms with Gasteiger partial charge in [0.2, 0.25) is 5.91 Å². The van der Waals surface area contributed by atoms with Gasteiger partial charge in [0, 0.05) is 30.8 Å². The Kier molecular flexibility index (Phi) is 7.63. The van der Waals surface area contributed by atoms with Crippen molar-refractivity contribution in [2.75, 3.05) is 20.2 Å². The molecule has 0 bridgehead atoms. The summed E-state index contributed by atoms with van der Waals surface area (Å²) in [6.45, 7) is 3.14. The molecule has 0 atom stereocenters. The Morgan fingerprint density at radius 3 is 2.50 bits per heavy atom. The first-order chi connectivity index (χ1) is 12.5. The fourth-order valence-electron chi connectivity index (χ4n) is 2.50. The molecular formula is C20H23ClN2O3. The third-order valence-corrected chi connectivity index (χ3v) is 4.14. The van der Waals surface area contributed by atoms with E-state index >= 15 is 0 Å². The minimum absolute atomic E-state index is 0.0113. The maximum Gasteiger partial charge on any atom is 0.254 e. The zero-order chi connectivity index (χ0) is 18.9. The maximum absolute atomic E-state index is 12.7. The Bertz CT molecular complexity index is 747. The second-order valence-electron chi connectivity index (χ2n) is 5.86. The highest BCUT2D eigenvalue weighted by Gasteiger charge is 2.17. The number of amides is 2. The number of benzene rings is 2. The standard InChI is InChI=1S/C20H23ClN2O3/c1-3-23(20(25)17-6-4-5-16(11-17)14-26-2)13-19(24)22-12-15-7-9-18(21)10-8-15/h4-11H,3,12-14H2,1-2H3,(H,22,24). The fraction of sp³-hybridized carbons (Fsp3) is 0.300. The largest absolute Gasteiger partial charge is 0.380 e. The molecule has 2 aromatic rings. The van der Waals surface area contributed by atoms with E-state index in [0.29, 0.717) is 30.3 Å². The topological polar surface area (TPSA) is 58.6 Å². The number of likely N-dealkylation sites (N-methyl/N-ethyl adjacent to an activating group) is 1. The molecule has 1 N–H and O–H groups in total. The van der Waals surface area contributed by atoms with Crippen LogP contribution in [0.3, 0.4) is 0 Å². The lowest BCUT2D eigenvalue weighted by Crippen LogP contribution is -2.40. The quantitative estimate of drug-likeness (QED) is 0.771. The van der Waals surface area contributed by atoms with Gasteiger partial charge in [-0.05, 0) is 42.3 Å². The number of methoxy groups -OCH3 is 1. The molecule has 0 heterocycles. The van der Waals surface area contributed by atoms with E-state index in [0.717, 1.165) is 11.1 Å². The van der Waals surface area contributed by atoms with Crippen molar-refractivity contribution in [3.8, 4) is 0 Å². The Morgan fingerprint density at radius 2 is 1.85 bits per heavy atom. The van der Waals surface area contributed by atoms with Gasteiger partial charge in [-0.15, -0.1) is 0 Å². The van der Waals surface area contributed by atoms with Crippen LogP contribution in [0.2, 0.25) is 5.02 Å². The normalized spacial score (nSPS) is 10.4. The number of nitrogens with one attached hydrogen (secondary N) is 1. The summed E-state index contributed by atoms with van der Waals surface area (Å²) in [5.41, 5.74) is 2.41. The lowest BCUT2D eigenvalue weighted by atomic mass is 10.1. The van der Waals surface area contributed by atoms with Gasteiger partial charge in [0.05, 0.1) is 13.2 Å². The molecule has 26 heavy (non-hydrogen) atoms. The first-order valence-corrected chi connectivity index (χ1v) is 8.79. The van der Waals surface area contributed by atoms with E-state index in [1.165, 1.54) is 4.90 Å². The molecule has 0 aliphatic carbocycles. The minimum Gasteiger partial charge on any atom is -0.380 e. The van der Waals surface area contributed by atoms with Crippen molar-refractivity contribution in [3.63, 3.8) is 0 Å². The van der Waals surface area contributed by atoms with Gasteiger partial charge < -0.3 is 15.0 Å². The van der Waals surface area contributed by atoms with E-state index in [-0.39, 0.29) is 18.4 Å². The van der Waals surface area contributed by atoms with Crippen LogP contribution in [0, 0.1) is 0 Å². The van der Waals surface area contributed by atoms with E-state index < -0.39 is 0 Å². The summed E-state index contributed by atoms with van der Waals surface area (Å²) >= 11 is 5.85. The summed E-state index contributed by atoms with van der Waals surface area (Å²) in [5.74, 6) is -0.379. The van der Waals surface area contributed by atoms with E-state index in [1.54, 1.807) is 31.4 Å². The van der Waals surface area contributed by atoms with Crippen molar-refractivity contribution in [2.24, 2.45) is 0 Å². The van der Waals surface area contributed by atoms with Crippen LogP contribution in [0.25, 0.3) is 0 Å². The molecule has 6 heteroatoms. The van der Waals surface area contributed by atoms with Crippen molar-refractivity contribution >= 4 is 23.4 Å². The smallest absolute Gasteiger partial charge is 0.254 e. The highest BCUT2D eigenvalue weighted by Crippen LogP contribution is 2.11. The average molecular weight is 375 g/mol. The SMILES string of the molecule is CCN(CC(=O)NCc1ccc(Cl)cc1)C(=O)c1cccc(COC)c1. The van der Waals surface area contributed by atoms with Crippen LogP contribution < -0.4 is 5.32 Å². The summed E-state index contributed by atoms with van der Waals surface area (Å²) in [7, 11) is 1.61. The van der Waals surface area contributed by atoms with Gasteiger partial charge in [0.1, 0.15) is 0 Å². The third kappa shape index (κ3) is 5.86. The molecule has 0 unspecified atom stereocenters. The predicted octanol–water partition coefficient (Wildman–Crippen LogP) is 3.26. The number of halogens is 1. The van der Waals surface area contributed by atoms with Gasteiger partial charge in [-0.2, -0.15) is 0 Å². The zero-order valence-electron chi connectivity index (χ0n) is 15.0. The van der Waals surface area contributed by atoms with Crippen molar-refractivity contribution in [1.29, 1.82) is 0 Å². The van der Waals surface area contributed by atoms with Crippen LogP contribution in [0.1, 0.15) is 28.4 Å². The molecule has 2 rings (SSSR count). The second kappa shape index (κ2) is 9.94. The molecule has 0 fully saturated rings. The van der Waals surface area contributed by atoms with Gasteiger partial charge in [0.15, 0.2) is 0 Å². The average Bonchev–Trinajstić information content (AvgIpc) is 2.65. The summed E-state index contributed by atoms with van der Waals surface area (Å²) in [5, 5.41) is 3.48. The number of nitrogens with zero attached hydrogens (tertiary/aromatic N) is 1. The van der Waals surface area contributed by atoms with Crippen LogP contribution in [0.5, 0.6) is 0 Å². The molecule has 2 amide bonds. The van der Waals surface area contributed by atoms with Crippen LogP contribution in [0.15, 0.2) is 48.5 Å². The summed E-state index contributed by atoms with van der Waals surface area (Å²) in [6, 6.07) is 14.5. The van der Waals surface area contributed by atoms with E-state index in [4.69, 9.17) is 16.3 Å². The molecule has 138 valence electrons. The Labute approximate surface area is 158 Å². The van der Waals surface area contributed by atoms with Gasteiger partial charge in [-0.1, -0.05) is 35.9 Å². The molecule has 0 saturated heterocycles. The number of carbonyl (C=O) groups is 2. The number of rotatable bonds is 8. The van der Waals surface area contributed by atoms with E-state index in [9.17, 15) is 9.59 Å². The third-order valence-electron chi connectivity index (χ3n) is 3.89. The number of ether oxygens (including phenoxy) is 1. The van der Waals surface area contributed by atoms with Gasteiger partial charge >= 0.3 is 0 Å². The predicted molar refractivity (Wildman–Crippen MR) is 102 cm³/mol. The molecule has 5 nitrogen and oxygen atoms in total. The zero-order valence-corrected chi connectivity index (χ0v) is 15.8. The van der Waals surface area contributed by atoms with Crippen LogP contribution in [0.4, 0.5) is 0 Å². The highest BCUT2D eigenvalue weighted by atomic mass is 35.5. The van der Waals surface area contributed by atoms with Crippen molar-refractivity contribution in [1.82, 2.24) is 10.2 Å². The van der Waals surface area contributed by atoms with Crippen LogP contribution >= 0.6 is 11.6 Å². The summed E-state index contributed by atoms with van der Waals surface area (Å²) < 4.78 is 5.10. The molecular weight excluding hydrogens is 352 g/mol. The summed E-state index contributed by atoms with van der Waals surface area (Å²) in [4.78, 5) is 26.4. The molecule has 0 aliphatic rings. The minimum atomic E-state index is -0.205. The van der Waals surface area contributed by atoms with Crippen LogP contribution in [-0.4, -0.2) is 36.9 Å². The van der Waals surface area contributed by atoms with E-state index in [1.807, 2.05) is 31.2 Å². The molecule has 0 aromatic heterocycles. The maximum atomic E-state index is 12.7. The first-order valence-electron chi connectivity index (χ1n) is 8.41. The molecule has 0 radical (unpaired) electrons. The van der Waals surface area contributed by atoms with Gasteiger partial charge in [-0.3, -0.25) is 9.59 Å². The molecule has 0 saturated carbocycles. The van der Waals surface area contributed by atoms with Crippen LogP contribution in [-0.2, 0) is 22.7 Å². The fourth-order valence-corrected chi connectivity index (χ4v) is 2.63. The Morgan fingerprint density at radius 1 is 1.12 bits per heavy atom. The Hall–Kier alpha value is -2.37. The monoisotopic (exact) mass is 374 g/mol. The molecule has 0 aliphatic heterocycles. The first kappa shape index (κ1) is 19.9. The van der Waals surface area contributed by atoms with Crippen molar-refractivity contribution < 1.29 is 14.3 Å². The number of carbonyl (C=O) groups excluding carboxylic acids is 2. The van der Waals surface area contributed by atoms with Crippen molar-refractivity contribution in [3.05, 3.63) is 70.2 Å². The molecule has 0 spiro atoms. The van der Waals surface area contributed by atoms with Crippen molar-refractivity contribution in [2.45, 2.75) is 20.1 Å². The lowest BCUT2D eigenvalue weighted by molar-refractivity contribution is -0.121. The molecule has 2 aromatic carbocycles. The van der Waals surface area contributed by atoms with E-state index in [2.05, 4.69) is 5.32 Å². The highest BCUT2D eigenvalue weighted by molar-refractivity contribution is 6.30. The number of hydrogen-bond acceptors (Lipinski definition) is 3. The Balaban J connectivity index is 1.94. The lowest BCUT2D eigenvalue weighted by Gasteiger charge is -2.20. The summed E-state index contributed by atoms with van der Waals surface area (Å²) in [6.07, 6.45) is 0. The second-order valence-corrected chi connectivity index (χ2v) is 6.29. The van der Waals surface area contributed by atoms with Gasteiger partial charge in [0.25, 0.3) is 5.91 Å².